The van der Waals surface area contributed by atoms with Crippen LogP contribution in [0.5, 0.6) is 0 Å². The average Bonchev–Trinajstić information content (AvgIpc) is 2.70. The average molecular weight is 279 g/mol. The highest BCUT2D eigenvalue weighted by molar-refractivity contribution is 7.99. The summed E-state index contributed by atoms with van der Waals surface area (Å²) in [6.07, 6.45) is 0. The van der Waals surface area contributed by atoms with Gasteiger partial charge in [-0.3, -0.25) is 0 Å². The van der Waals surface area contributed by atoms with Crippen LogP contribution in [-0.2, 0) is 13.6 Å². The number of nitrogens with two attached hydrogens (primary N) is 1. The molecule has 0 saturated heterocycles. The molecule has 0 aliphatic carbocycles. The molecule has 0 atom stereocenters. The minimum atomic E-state index is 0.371. The van der Waals surface area contributed by atoms with Gasteiger partial charge in [-0.25, -0.2) is 9.97 Å². The zero-order valence-electron chi connectivity index (χ0n) is 11.5. The van der Waals surface area contributed by atoms with Crippen molar-refractivity contribution in [3.63, 3.8) is 0 Å². The third-order valence-corrected chi connectivity index (χ3v) is 3.48. The molecule has 0 amide bonds. The Bertz CT molecular complexity index is 578. The van der Waals surface area contributed by atoms with Gasteiger partial charge in [-0.1, -0.05) is 0 Å². The third-order valence-electron chi connectivity index (χ3n) is 2.52. The SMILES string of the molecule is Cc1cc(Sc2nnc(CN)n2C)nc(N(C)C)n1. The number of rotatable bonds is 4. The van der Waals surface area contributed by atoms with Crippen LogP contribution in [0, 0.1) is 6.92 Å². The van der Waals surface area contributed by atoms with Gasteiger partial charge < -0.3 is 15.2 Å². The minimum absolute atomic E-state index is 0.371. The van der Waals surface area contributed by atoms with E-state index in [1.54, 1.807) is 0 Å². The first kappa shape index (κ1) is 13.8. The van der Waals surface area contributed by atoms with Crippen molar-refractivity contribution >= 4 is 17.7 Å². The predicted molar refractivity (Wildman–Crippen MR) is 74.1 cm³/mol. The second-order valence-corrected chi connectivity index (χ2v) is 5.29. The van der Waals surface area contributed by atoms with Crippen molar-refractivity contribution < 1.29 is 0 Å². The Kier molecular flexibility index (Phi) is 4.01. The third kappa shape index (κ3) is 3.02. The highest BCUT2D eigenvalue weighted by atomic mass is 32.2. The molecule has 0 bridgehead atoms. The summed E-state index contributed by atoms with van der Waals surface area (Å²) in [6, 6.07) is 1.93. The summed E-state index contributed by atoms with van der Waals surface area (Å²) >= 11 is 1.45. The monoisotopic (exact) mass is 279 g/mol. The van der Waals surface area contributed by atoms with E-state index in [4.69, 9.17) is 5.73 Å². The van der Waals surface area contributed by atoms with Crippen molar-refractivity contribution in [2.75, 3.05) is 19.0 Å². The number of hydrogen-bond donors (Lipinski definition) is 1. The van der Waals surface area contributed by atoms with Gasteiger partial charge in [-0.2, -0.15) is 0 Å². The fourth-order valence-corrected chi connectivity index (χ4v) is 2.35. The van der Waals surface area contributed by atoms with E-state index < -0.39 is 0 Å². The molecule has 0 radical (unpaired) electrons. The molecule has 2 N–H and O–H groups in total. The standard InChI is InChI=1S/C11H17N7S/c1-7-5-9(14-10(13-7)17(2)3)19-11-16-15-8(6-12)18(11)4/h5H,6,12H2,1-4H3. The van der Waals surface area contributed by atoms with E-state index >= 15 is 0 Å². The molecule has 0 aromatic carbocycles. The lowest BCUT2D eigenvalue weighted by molar-refractivity contribution is 0.733. The molecule has 2 aromatic heterocycles. The summed E-state index contributed by atoms with van der Waals surface area (Å²) in [5.41, 5.74) is 6.50. The van der Waals surface area contributed by atoms with E-state index in [9.17, 15) is 0 Å². The Labute approximate surface area is 116 Å². The highest BCUT2D eigenvalue weighted by Gasteiger charge is 2.11. The maximum Gasteiger partial charge on any atom is 0.226 e. The van der Waals surface area contributed by atoms with E-state index in [2.05, 4.69) is 20.2 Å². The fourth-order valence-electron chi connectivity index (χ4n) is 1.48. The zero-order valence-corrected chi connectivity index (χ0v) is 12.3. The topological polar surface area (TPSA) is 85.8 Å². The van der Waals surface area contributed by atoms with Crippen LogP contribution >= 0.6 is 11.8 Å². The Morgan fingerprint density at radius 1 is 1.32 bits per heavy atom. The van der Waals surface area contributed by atoms with E-state index in [0.29, 0.717) is 12.5 Å². The van der Waals surface area contributed by atoms with Crippen molar-refractivity contribution in [3.8, 4) is 0 Å². The van der Waals surface area contributed by atoms with Crippen LogP contribution in [0.2, 0.25) is 0 Å². The molecule has 0 spiro atoms. The zero-order chi connectivity index (χ0) is 14.0. The van der Waals surface area contributed by atoms with E-state index in [1.807, 2.05) is 43.6 Å². The van der Waals surface area contributed by atoms with Gasteiger partial charge in [0, 0.05) is 26.8 Å². The molecule has 0 aliphatic heterocycles. The molecule has 0 unspecified atom stereocenters. The van der Waals surface area contributed by atoms with Crippen LogP contribution in [0.4, 0.5) is 5.95 Å². The minimum Gasteiger partial charge on any atom is -0.347 e. The van der Waals surface area contributed by atoms with Crippen molar-refractivity contribution in [2.45, 2.75) is 23.7 Å². The first-order valence-electron chi connectivity index (χ1n) is 5.80. The molecule has 0 saturated carbocycles. The van der Waals surface area contributed by atoms with Gasteiger partial charge in [0.25, 0.3) is 0 Å². The van der Waals surface area contributed by atoms with Crippen molar-refractivity contribution in [1.29, 1.82) is 0 Å². The van der Waals surface area contributed by atoms with Crippen LogP contribution in [0.1, 0.15) is 11.5 Å². The molecule has 2 aromatic rings. The Balaban J connectivity index is 2.30. The summed E-state index contributed by atoms with van der Waals surface area (Å²) < 4.78 is 1.87. The Morgan fingerprint density at radius 2 is 2.05 bits per heavy atom. The van der Waals surface area contributed by atoms with Crippen LogP contribution in [0.3, 0.4) is 0 Å². The van der Waals surface area contributed by atoms with E-state index in [1.165, 1.54) is 11.8 Å². The van der Waals surface area contributed by atoms with Gasteiger partial charge in [0.1, 0.15) is 10.9 Å². The highest BCUT2D eigenvalue weighted by Crippen LogP contribution is 2.25. The first-order valence-corrected chi connectivity index (χ1v) is 6.62. The number of aryl methyl sites for hydroxylation is 1. The summed E-state index contributed by atoms with van der Waals surface area (Å²) in [4.78, 5) is 10.7. The molecule has 19 heavy (non-hydrogen) atoms. The molecular weight excluding hydrogens is 262 g/mol. The summed E-state index contributed by atoms with van der Waals surface area (Å²) in [5, 5.41) is 9.74. The molecule has 0 fully saturated rings. The van der Waals surface area contributed by atoms with Gasteiger partial charge in [-0.15, -0.1) is 10.2 Å². The lowest BCUT2D eigenvalue weighted by Crippen LogP contribution is -2.13. The van der Waals surface area contributed by atoms with Crippen LogP contribution in [0.25, 0.3) is 0 Å². The largest absolute Gasteiger partial charge is 0.347 e. The number of aromatic nitrogens is 5. The van der Waals surface area contributed by atoms with Gasteiger partial charge in [0.15, 0.2) is 5.16 Å². The Hall–Kier alpha value is -1.67. The quantitative estimate of drug-likeness (QED) is 0.820. The predicted octanol–water partition coefficient (Wildman–Crippen LogP) is 0.589. The second kappa shape index (κ2) is 5.54. The molecule has 7 nitrogen and oxygen atoms in total. The summed E-state index contributed by atoms with van der Waals surface area (Å²) in [5.74, 6) is 1.44. The molecule has 8 heteroatoms. The van der Waals surface area contributed by atoms with Crippen molar-refractivity contribution in [2.24, 2.45) is 12.8 Å². The van der Waals surface area contributed by atoms with Crippen molar-refractivity contribution in [3.05, 3.63) is 17.6 Å². The lowest BCUT2D eigenvalue weighted by atomic mass is 10.4. The molecule has 2 heterocycles. The number of nitrogens with zero attached hydrogens (tertiary/aromatic N) is 6. The first-order chi connectivity index (χ1) is 9.01. The molecular formula is C11H17N7S. The maximum atomic E-state index is 5.58. The second-order valence-electron chi connectivity index (χ2n) is 4.31. The van der Waals surface area contributed by atoms with Crippen LogP contribution < -0.4 is 10.6 Å². The van der Waals surface area contributed by atoms with Crippen LogP contribution in [-0.4, -0.2) is 38.8 Å². The van der Waals surface area contributed by atoms with Gasteiger partial charge in [-0.05, 0) is 24.8 Å². The van der Waals surface area contributed by atoms with E-state index in [-0.39, 0.29) is 0 Å². The summed E-state index contributed by atoms with van der Waals surface area (Å²) in [7, 11) is 5.72. The summed E-state index contributed by atoms with van der Waals surface area (Å²) in [6.45, 7) is 2.32. The van der Waals surface area contributed by atoms with Crippen LogP contribution in [0.15, 0.2) is 16.2 Å². The van der Waals surface area contributed by atoms with Crippen molar-refractivity contribution in [1.82, 2.24) is 24.7 Å². The number of anilines is 1. The fraction of sp³-hybridized carbons (Fsp3) is 0.455. The van der Waals surface area contributed by atoms with E-state index in [0.717, 1.165) is 21.7 Å². The molecule has 2 rings (SSSR count). The number of hydrogen-bond acceptors (Lipinski definition) is 7. The van der Waals surface area contributed by atoms with Gasteiger partial charge >= 0.3 is 0 Å². The lowest BCUT2D eigenvalue weighted by Gasteiger charge is -2.11. The Morgan fingerprint density at radius 3 is 2.63 bits per heavy atom. The smallest absolute Gasteiger partial charge is 0.226 e. The van der Waals surface area contributed by atoms with Gasteiger partial charge in [0.2, 0.25) is 5.95 Å². The molecule has 0 aliphatic rings. The maximum absolute atomic E-state index is 5.58. The normalized spacial score (nSPS) is 10.8. The molecule has 102 valence electrons. The van der Waals surface area contributed by atoms with Gasteiger partial charge in [0.05, 0.1) is 6.54 Å².